The molecule has 1 N–H and O–H groups in total. The van der Waals surface area contributed by atoms with Crippen LogP contribution < -0.4 is 19.5 Å². The minimum atomic E-state index is -2.86. The molecule has 0 spiro atoms. The lowest BCUT2D eigenvalue weighted by Crippen LogP contribution is -2.48. The van der Waals surface area contributed by atoms with Gasteiger partial charge in [-0.25, -0.2) is 0 Å². The van der Waals surface area contributed by atoms with Gasteiger partial charge in [0.15, 0.2) is 11.5 Å². The number of hydrogen-bond acceptors (Lipinski definition) is 5. The van der Waals surface area contributed by atoms with Crippen LogP contribution in [0.15, 0.2) is 12.1 Å². The zero-order valence-electron chi connectivity index (χ0n) is 11.8. The minimum Gasteiger partial charge on any atom is -0.454 e. The molecule has 2 aliphatic heterocycles. The lowest BCUT2D eigenvalue weighted by molar-refractivity contribution is -0.0509. The van der Waals surface area contributed by atoms with Crippen molar-refractivity contribution in [1.82, 2.24) is 10.2 Å². The largest absolute Gasteiger partial charge is 0.454 e. The molecule has 3 rings (SSSR count). The van der Waals surface area contributed by atoms with Gasteiger partial charge in [0.1, 0.15) is 5.75 Å². The van der Waals surface area contributed by atoms with Gasteiger partial charge in [-0.1, -0.05) is 0 Å². The van der Waals surface area contributed by atoms with Crippen LogP contribution in [0.1, 0.15) is 12.5 Å². The lowest BCUT2D eigenvalue weighted by atomic mass is 10.1. The molecule has 116 valence electrons. The van der Waals surface area contributed by atoms with Gasteiger partial charge in [0.05, 0.1) is 0 Å². The molecule has 0 aromatic heterocycles. The Bertz CT molecular complexity index is 513. The number of nitrogens with one attached hydrogen (secondary N) is 1. The Kier molecular flexibility index (Phi) is 4.12. The summed E-state index contributed by atoms with van der Waals surface area (Å²) in [5.74, 6) is 1.18. The Morgan fingerprint density at radius 3 is 2.86 bits per heavy atom. The van der Waals surface area contributed by atoms with Crippen molar-refractivity contribution in [2.75, 3.05) is 26.4 Å². The summed E-state index contributed by atoms with van der Waals surface area (Å²) in [6, 6.07) is 3.59. The number of fused-ring (bicyclic) bond motifs is 1. The topological polar surface area (TPSA) is 43.0 Å². The predicted octanol–water partition coefficient (Wildman–Crippen LogP) is 1.81. The number of benzene rings is 1. The molecular formula is C14H18F2N2O3. The number of alkyl halides is 2. The first-order chi connectivity index (χ1) is 10.1. The van der Waals surface area contributed by atoms with Crippen molar-refractivity contribution < 1.29 is 23.0 Å². The smallest absolute Gasteiger partial charge is 0.387 e. The fourth-order valence-electron chi connectivity index (χ4n) is 2.69. The normalized spacial score (nSPS) is 21.8. The molecule has 0 saturated carbocycles. The molecule has 1 saturated heterocycles. The van der Waals surface area contributed by atoms with Crippen molar-refractivity contribution in [2.24, 2.45) is 0 Å². The molecule has 7 heteroatoms. The van der Waals surface area contributed by atoms with Crippen LogP contribution in [0.3, 0.4) is 0 Å². The van der Waals surface area contributed by atoms with Gasteiger partial charge in [0.25, 0.3) is 0 Å². The molecule has 1 aromatic rings. The lowest BCUT2D eigenvalue weighted by Gasteiger charge is -2.32. The minimum absolute atomic E-state index is 0.109. The quantitative estimate of drug-likeness (QED) is 0.918. The maximum absolute atomic E-state index is 12.6. The van der Waals surface area contributed by atoms with E-state index < -0.39 is 6.61 Å². The van der Waals surface area contributed by atoms with Gasteiger partial charge in [-0.3, -0.25) is 4.90 Å². The second kappa shape index (κ2) is 6.03. The van der Waals surface area contributed by atoms with Crippen LogP contribution in [-0.2, 0) is 6.54 Å². The molecule has 0 bridgehead atoms. The zero-order valence-corrected chi connectivity index (χ0v) is 11.8. The number of hydrogen-bond donors (Lipinski definition) is 1. The summed E-state index contributed by atoms with van der Waals surface area (Å²) >= 11 is 0. The number of rotatable bonds is 4. The van der Waals surface area contributed by atoms with E-state index >= 15 is 0 Å². The van der Waals surface area contributed by atoms with Crippen LogP contribution in [-0.4, -0.2) is 44.0 Å². The molecule has 0 amide bonds. The molecular weight excluding hydrogens is 282 g/mol. The molecule has 2 heterocycles. The van der Waals surface area contributed by atoms with Crippen molar-refractivity contribution in [1.29, 1.82) is 0 Å². The standard InChI is InChI=1S/C14H18F2N2O3/c1-9-6-18(3-2-17-9)7-10-4-12-13(20-8-19-12)5-11(10)21-14(15)16/h4-5,9,14,17H,2-3,6-8H2,1H3/t9-/m0/s1. The van der Waals surface area contributed by atoms with Crippen molar-refractivity contribution in [3.63, 3.8) is 0 Å². The number of piperazine rings is 1. The summed E-state index contributed by atoms with van der Waals surface area (Å²) in [7, 11) is 0. The second-order valence-corrected chi connectivity index (χ2v) is 5.28. The Labute approximate surface area is 121 Å². The van der Waals surface area contributed by atoms with Crippen molar-refractivity contribution in [3.8, 4) is 17.2 Å². The summed E-state index contributed by atoms with van der Waals surface area (Å²) in [4.78, 5) is 2.21. The monoisotopic (exact) mass is 300 g/mol. The first-order valence-electron chi connectivity index (χ1n) is 6.95. The highest BCUT2D eigenvalue weighted by Gasteiger charge is 2.23. The second-order valence-electron chi connectivity index (χ2n) is 5.28. The molecule has 0 aliphatic carbocycles. The van der Waals surface area contributed by atoms with E-state index in [9.17, 15) is 8.78 Å². The number of halogens is 2. The number of ether oxygens (including phenoxy) is 3. The van der Waals surface area contributed by atoms with Crippen molar-refractivity contribution in [3.05, 3.63) is 17.7 Å². The highest BCUT2D eigenvalue weighted by Crippen LogP contribution is 2.39. The van der Waals surface area contributed by atoms with Gasteiger partial charge in [-0.15, -0.1) is 0 Å². The van der Waals surface area contributed by atoms with Crippen LogP contribution >= 0.6 is 0 Å². The van der Waals surface area contributed by atoms with E-state index in [-0.39, 0.29) is 12.5 Å². The van der Waals surface area contributed by atoms with E-state index in [0.717, 1.165) is 19.6 Å². The SMILES string of the molecule is C[C@H]1CN(Cc2cc3c(cc2OC(F)F)OCO3)CCN1. The Hall–Kier alpha value is -1.60. The number of nitrogens with zero attached hydrogens (tertiary/aromatic N) is 1. The van der Waals surface area contributed by atoms with E-state index in [1.807, 2.05) is 0 Å². The van der Waals surface area contributed by atoms with Gasteiger partial charge in [-0.05, 0) is 13.0 Å². The molecule has 0 radical (unpaired) electrons. The average molecular weight is 300 g/mol. The fraction of sp³-hybridized carbons (Fsp3) is 0.571. The van der Waals surface area contributed by atoms with Crippen LogP contribution in [0.2, 0.25) is 0 Å². The Morgan fingerprint density at radius 1 is 1.38 bits per heavy atom. The van der Waals surface area contributed by atoms with Crippen molar-refractivity contribution >= 4 is 0 Å². The van der Waals surface area contributed by atoms with Crippen LogP contribution in [0, 0.1) is 0 Å². The summed E-state index contributed by atoms with van der Waals surface area (Å²) < 4.78 is 40.3. The third-order valence-corrected chi connectivity index (χ3v) is 3.62. The van der Waals surface area contributed by atoms with E-state index in [0.29, 0.717) is 29.6 Å². The molecule has 1 aromatic carbocycles. The molecule has 2 aliphatic rings. The molecule has 1 fully saturated rings. The predicted molar refractivity (Wildman–Crippen MR) is 71.9 cm³/mol. The van der Waals surface area contributed by atoms with Crippen molar-refractivity contribution in [2.45, 2.75) is 26.1 Å². The first kappa shape index (κ1) is 14.3. The van der Waals surface area contributed by atoms with Gasteiger partial charge >= 0.3 is 6.61 Å². The zero-order chi connectivity index (χ0) is 14.8. The maximum Gasteiger partial charge on any atom is 0.387 e. The summed E-state index contributed by atoms with van der Waals surface area (Å²) in [5.41, 5.74) is 0.689. The van der Waals surface area contributed by atoms with E-state index in [4.69, 9.17) is 9.47 Å². The molecule has 21 heavy (non-hydrogen) atoms. The highest BCUT2D eigenvalue weighted by molar-refractivity contribution is 5.51. The third-order valence-electron chi connectivity index (χ3n) is 3.62. The average Bonchev–Trinajstić information content (AvgIpc) is 2.85. The Morgan fingerprint density at radius 2 is 2.14 bits per heavy atom. The van der Waals surface area contributed by atoms with E-state index in [1.54, 1.807) is 6.07 Å². The van der Waals surface area contributed by atoms with Crippen LogP contribution in [0.5, 0.6) is 17.2 Å². The van der Waals surface area contributed by atoms with Gasteiger partial charge in [0, 0.05) is 43.9 Å². The highest BCUT2D eigenvalue weighted by atomic mass is 19.3. The molecule has 0 unspecified atom stereocenters. The van der Waals surface area contributed by atoms with E-state index in [1.165, 1.54) is 6.07 Å². The summed E-state index contributed by atoms with van der Waals surface area (Å²) in [6.07, 6.45) is 0. The fourth-order valence-corrected chi connectivity index (χ4v) is 2.69. The Balaban J connectivity index is 1.81. The van der Waals surface area contributed by atoms with Gasteiger partial charge in [-0.2, -0.15) is 8.78 Å². The third kappa shape index (κ3) is 3.36. The van der Waals surface area contributed by atoms with Gasteiger partial charge < -0.3 is 19.5 Å². The molecule has 5 nitrogen and oxygen atoms in total. The first-order valence-corrected chi connectivity index (χ1v) is 6.95. The van der Waals surface area contributed by atoms with E-state index in [2.05, 4.69) is 21.9 Å². The van der Waals surface area contributed by atoms with Gasteiger partial charge in [0.2, 0.25) is 6.79 Å². The maximum atomic E-state index is 12.6. The summed E-state index contributed by atoms with van der Waals surface area (Å²) in [6.45, 7) is 2.52. The van der Waals surface area contributed by atoms with Crippen LogP contribution in [0.4, 0.5) is 8.78 Å². The molecule has 1 atom stereocenters. The van der Waals surface area contributed by atoms with Crippen LogP contribution in [0.25, 0.3) is 0 Å². The summed E-state index contributed by atoms with van der Waals surface area (Å²) in [5, 5.41) is 3.35.